The minimum absolute atomic E-state index is 0. The molecule has 1 aromatic heterocycles. The van der Waals surface area contributed by atoms with Gasteiger partial charge in [0.15, 0.2) is 0 Å². The summed E-state index contributed by atoms with van der Waals surface area (Å²) in [5, 5.41) is 7.91. The van der Waals surface area contributed by atoms with Crippen LogP contribution in [0, 0.1) is 0 Å². The van der Waals surface area contributed by atoms with Crippen LogP contribution >= 0.6 is 12.4 Å². The molecule has 0 radical (unpaired) electrons. The lowest BCUT2D eigenvalue weighted by molar-refractivity contribution is 0.00578. The highest BCUT2D eigenvalue weighted by Gasteiger charge is 2.52. The molecule has 0 aromatic carbocycles. The monoisotopic (exact) mass is 313 g/mol. The molecule has 0 saturated carbocycles. The van der Waals surface area contributed by atoms with E-state index in [0.717, 1.165) is 18.6 Å². The van der Waals surface area contributed by atoms with Gasteiger partial charge in [-0.2, -0.15) is 5.10 Å². The van der Waals surface area contributed by atoms with Crippen molar-refractivity contribution in [3.8, 4) is 0 Å². The van der Waals surface area contributed by atoms with Gasteiger partial charge in [0.2, 0.25) is 0 Å². The van der Waals surface area contributed by atoms with E-state index >= 15 is 0 Å². The smallest absolute Gasteiger partial charge is 0.399 e. The predicted molar refractivity (Wildman–Crippen MR) is 86.3 cm³/mol. The van der Waals surface area contributed by atoms with Crippen molar-refractivity contribution in [2.75, 3.05) is 13.1 Å². The van der Waals surface area contributed by atoms with E-state index in [2.05, 4.69) is 44.3 Å². The van der Waals surface area contributed by atoms with Crippen molar-refractivity contribution in [3.63, 3.8) is 0 Å². The van der Waals surface area contributed by atoms with Crippen LogP contribution in [-0.2, 0) is 9.31 Å². The van der Waals surface area contributed by atoms with Gasteiger partial charge < -0.3 is 14.6 Å². The fourth-order valence-corrected chi connectivity index (χ4v) is 2.71. The van der Waals surface area contributed by atoms with Gasteiger partial charge in [-0.25, -0.2) is 0 Å². The normalized spacial score (nSPS) is 27.4. The zero-order valence-electron chi connectivity index (χ0n) is 13.3. The summed E-state index contributed by atoms with van der Waals surface area (Å²) in [5.74, 6) is 0. The van der Waals surface area contributed by atoms with Crippen LogP contribution in [0.3, 0.4) is 0 Å². The van der Waals surface area contributed by atoms with Gasteiger partial charge in [0.25, 0.3) is 0 Å². The predicted octanol–water partition coefficient (Wildman–Crippen LogP) is 1.53. The SMILES string of the molecule is CC1(C)OB(c2cnn(C3CCCNC3)c2)OC1(C)C.Cl. The summed E-state index contributed by atoms with van der Waals surface area (Å²) in [5.41, 5.74) is 0.410. The van der Waals surface area contributed by atoms with Crippen LogP contribution in [0.5, 0.6) is 0 Å². The van der Waals surface area contributed by atoms with Gasteiger partial charge in [0.1, 0.15) is 0 Å². The van der Waals surface area contributed by atoms with Crippen molar-refractivity contribution >= 4 is 25.0 Å². The first-order valence-electron chi connectivity index (χ1n) is 7.49. The second-order valence-electron chi connectivity index (χ2n) is 6.84. The molecule has 0 aliphatic carbocycles. The van der Waals surface area contributed by atoms with E-state index in [-0.39, 0.29) is 30.7 Å². The Kier molecular flexibility index (Phi) is 4.73. The van der Waals surface area contributed by atoms with Gasteiger partial charge in [-0.15, -0.1) is 12.4 Å². The third-order valence-electron chi connectivity index (χ3n) is 4.79. The van der Waals surface area contributed by atoms with Crippen molar-refractivity contribution in [2.24, 2.45) is 0 Å². The molecule has 0 spiro atoms. The molecule has 2 saturated heterocycles. The molecule has 1 atom stereocenters. The van der Waals surface area contributed by atoms with Crippen LogP contribution in [-0.4, -0.2) is 41.2 Å². The summed E-state index contributed by atoms with van der Waals surface area (Å²) in [6.45, 7) is 10.4. The molecule has 1 aromatic rings. The zero-order chi connectivity index (χ0) is 14.4. The quantitative estimate of drug-likeness (QED) is 0.841. The third-order valence-corrected chi connectivity index (χ3v) is 4.79. The number of rotatable bonds is 2. The lowest BCUT2D eigenvalue weighted by Gasteiger charge is -2.32. The maximum absolute atomic E-state index is 6.06. The van der Waals surface area contributed by atoms with E-state index in [1.54, 1.807) is 0 Å². The Bertz CT molecular complexity index is 470. The summed E-state index contributed by atoms with van der Waals surface area (Å²) in [6, 6.07) is 0.444. The molecule has 21 heavy (non-hydrogen) atoms. The molecule has 0 amide bonds. The van der Waals surface area contributed by atoms with Crippen molar-refractivity contribution in [1.29, 1.82) is 0 Å². The summed E-state index contributed by atoms with van der Waals surface area (Å²) in [6.07, 6.45) is 6.32. The molecule has 3 rings (SSSR count). The topological polar surface area (TPSA) is 48.3 Å². The van der Waals surface area contributed by atoms with Crippen LogP contribution in [0.15, 0.2) is 12.4 Å². The minimum Gasteiger partial charge on any atom is -0.399 e. The van der Waals surface area contributed by atoms with Crippen LogP contribution in [0.25, 0.3) is 0 Å². The molecule has 1 unspecified atom stereocenters. The molecule has 0 bridgehead atoms. The maximum atomic E-state index is 6.06. The molecule has 1 N–H and O–H groups in total. The summed E-state index contributed by atoms with van der Waals surface area (Å²) >= 11 is 0. The maximum Gasteiger partial charge on any atom is 0.498 e. The van der Waals surface area contributed by atoms with E-state index in [9.17, 15) is 0 Å². The number of nitrogens with one attached hydrogen (secondary N) is 1. The standard InChI is InChI=1S/C14H24BN3O2.ClH/c1-13(2)14(3,4)20-15(19-13)11-8-17-18(10-11)12-6-5-7-16-9-12;/h8,10,12,16H,5-7,9H2,1-4H3;1H. The van der Waals surface area contributed by atoms with Gasteiger partial charge in [0.05, 0.1) is 17.2 Å². The average Bonchev–Trinajstić information content (AvgIpc) is 2.94. The lowest BCUT2D eigenvalue weighted by Crippen LogP contribution is -2.41. The van der Waals surface area contributed by atoms with Gasteiger partial charge in [-0.1, -0.05) is 0 Å². The number of hydrogen-bond donors (Lipinski definition) is 1. The van der Waals surface area contributed by atoms with Crippen molar-refractivity contribution in [2.45, 2.75) is 57.8 Å². The number of aromatic nitrogens is 2. The Labute approximate surface area is 133 Å². The van der Waals surface area contributed by atoms with Crippen LogP contribution in [0.2, 0.25) is 0 Å². The first-order valence-corrected chi connectivity index (χ1v) is 7.49. The zero-order valence-corrected chi connectivity index (χ0v) is 14.1. The van der Waals surface area contributed by atoms with Crippen molar-refractivity contribution < 1.29 is 9.31 Å². The van der Waals surface area contributed by atoms with Crippen molar-refractivity contribution in [1.82, 2.24) is 15.1 Å². The van der Waals surface area contributed by atoms with Crippen LogP contribution < -0.4 is 10.8 Å². The lowest BCUT2D eigenvalue weighted by atomic mass is 9.82. The number of piperidine rings is 1. The van der Waals surface area contributed by atoms with Gasteiger partial charge in [-0.3, -0.25) is 4.68 Å². The Hall–Kier alpha value is -0.555. The van der Waals surface area contributed by atoms with E-state index in [4.69, 9.17) is 9.31 Å². The fourth-order valence-electron chi connectivity index (χ4n) is 2.71. The molecular formula is C14H25BClN3O2. The molecule has 2 aliphatic heterocycles. The Morgan fingerprint density at radius 2 is 1.95 bits per heavy atom. The highest BCUT2D eigenvalue weighted by Crippen LogP contribution is 2.36. The average molecular weight is 314 g/mol. The fraction of sp³-hybridized carbons (Fsp3) is 0.786. The number of nitrogens with zero attached hydrogens (tertiary/aromatic N) is 2. The highest BCUT2D eigenvalue weighted by atomic mass is 35.5. The Morgan fingerprint density at radius 1 is 1.29 bits per heavy atom. The van der Waals surface area contributed by atoms with Crippen LogP contribution in [0.4, 0.5) is 0 Å². The third kappa shape index (κ3) is 3.14. The molecule has 5 nitrogen and oxygen atoms in total. The molecule has 2 aliphatic rings. The summed E-state index contributed by atoms with van der Waals surface area (Å²) in [4.78, 5) is 0. The first-order chi connectivity index (χ1) is 9.39. The highest BCUT2D eigenvalue weighted by molar-refractivity contribution is 6.61. The molecule has 2 fully saturated rings. The molecule has 3 heterocycles. The van der Waals surface area contributed by atoms with Gasteiger partial charge >= 0.3 is 7.12 Å². The summed E-state index contributed by atoms with van der Waals surface area (Å²) < 4.78 is 14.2. The van der Waals surface area contributed by atoms with E-state index in [0.29, 0.717) is 6.04 Å². The Balaban J connectivity index is 0.00000161. The van der Waals surface area contributed by atoms with E-state index in [1.807, 2.05) is 10.9 Å². The number of halogens is 1. The molecule has 7 heteroatoms. The van der Waals surface area contributed by atoms with E-state index in [1.165, 1.54) is 12.8 Å². The second-order valence-corrected chi connectivity index (χ2v) is 6.84. The van der Waals surface area contributed by atoms with Crippen molar-refractivity contribution in [3.05, 3.63) is 12.4 Å². The molecular weight excluding hydrogens is 288 g/mol. The first kappa shape index (κ1) is 16.8. The summed E-state index contributed by atoms with van der Waals surface area (Å²) in [7, 11) is -0.315. The second kappa shape index (κ2) is 5.91. The minimum atomic E-state index is -0.315. The largest absolute Gasteiger partial charge is 0.498 e. The van der Waals surface area contributed by atoms with E-state index < -0.39 is 0 Å². The van der Waals surface area contributed by atoms with Gasteiger partial charge in [0, 0.05) is 24.4 Å². The van der Waals surface area contributed by atoms with Crippen LogP contribution in [0.1, 0.15) is 46.6 Å². The Morgan fingerprint density at radius 3 is 2.52 bits per heavy atom. The van der Waals surface area contributed by atoms with Gasteiger partial charge in [-0.05, 0) is 47.1 Å². The number of hydrogen-bond acceptors (Lipinski definition) is 4. The molecule has 118 valence electrons.